The second-order valence-electron chi connectivity index (χ2n) is 6.58. The van der Waals surface area contributed by atoms with Gasteiger partial charge in [0.25, 0.3) is 0 Å². The Hall–Kier alpha value is -2.97. The molecule has 0 aromatic carbocycles. The first kappa shape index (κ1) is 23.1. The molecule has 2 rings (SSSR count). The molecule has 0 spiro atoms. The van der Waals surface area contributed by atoms with Crippen LogP contribution in [0, 0.1) is 0 Å². The van der Waals surface area contributed by atoms with Crippen molar-refractivity contribution in [3.63, 3.8) is 0 Å². The molecular weight excluding hydrogens is 372 g/mol. The van der Waals surface area contributed by atoms with Crippen LogP contribution in [-0.2, 0) is 16.1 Å². The van der Waals surface area contributed by atoms with Crippen molar-refractivity contribution in [2.24, 2.45) is 0 Å². The largest absolute Gasteiger partial charge is 0.481 e. The summed E-state index contributed by atoms with van der Waals surface area (Å²) in [6.07, 6.45) is 2.38. The van der Waals surface area contributed by atoms with Gasteiger partial charge in [-0.05, 0) is 39.0 Å². The van der Waals surface area contributed by atoms with Gasteiger partial charge in [-0.3, -0.25) is 14.1 Å². The maximum atomic E-state index is 14.1. The smallest absolute Gasteiger partial charge is 0.416 e. The minimum Gasteiger partial charge on any atom is -0.481 e. The molecule has 1 aromatic heterocycles. The topological polar surface area (TPSA) is 80.8 Å². The quantitative estimate of drug-likeness (QED) is 0.607. The molecule has 0 radical (unpaired) electrons. The van der Waals surface area contributed by atoms with E-state index in [1.165, 1.54) is 24.2 Å². The third kappa shape index (κ3) is 6.33. The predicted octanol–water partition coefficient (Wildman–Crippen LogP) is 3.28. The lowest BCUT2D eigenvalue weighted by molar-refractivity contribution is -0.105. The molecule has 2 heterocycles. The molecule has 9 heteroatoms. The van der Waals surface area contributed by atoms with Crippen LogP contribution in [0.5, 0.6) is 5.88 Å². The number of carbonyl (C=O) groups excluding carboxylic acids is 2. The van der Waals surface area contributed by atoms with E-state index in [1.807, 2.05) is 0 Å². The van der Waals surface area contributed by atoms with Gasteiger partial charge in [-0.2, -0.15) is 0 Å². The Morgan fingerprint density at radius 3 is 2.57 bits per heavy atom. The summed E-state index contributed by atoms with van der Waals surface area (Å²) in [5.74, 6) is 0.515. The zero-order chi connectivity index (χ0) is 21.3. The first-order valence-electron chi connectivity index (χ1n) is 8.39. The standard InChI is InChI=1S/C18H22FN3O4.CH3F/c1-18(2,3)26-17(24)22(10-12-6-5-9-20-16(12)25-4)14-8-7-13(11-23)15(19)21-14;1-2/h5-9,11,15,21H,10H2,1-4H3;1H3. The van der Waals surface area contributed by atoms with Gasteiger partial charge in [-0.1, -0.05) is 6.07 Å². The zero-order valence-corrected chi connectivity index (χ0v) is 16.5. The second-order valence-corrected chi connectivity index (χ2v) is 6.58. The number of nitrogens with one attached hydrogen (secondary N) is 1. The minimum atomic E-state index is -1.71. The molecule has 1 aromatic rings. The van der Waals surface area contributed by atoms with Crippen molar-refractivity contribution in [2.45, 2.75) is 39.2 Å². The van der Waals surface area contributed by atoms with Crippen LogP contribution in [0.25, 0.3) is 0 Å². The number of ether oxygens (including phenoxy) is 2. The van der Waals surface area contributed by atoms with Gasteiger partial charge in [0.05, 0.1) is 20.8 Å². The van der Waals surface area contributed by atoms with Crippen molar-refractivity contribution in [3.05, 3.63) is 47.4 Å². The van der Waals surface area contributed by atoms with E-state index in [0.717, 1.165) is 0 Å². The number of dihydropyridines is 1. The van der Waals surface area contributed by atoms with Crippen LogP contribution in [-0.4, -0.2) is 48.4 Å². The molecule has 1 N–H and O–H groups in total. The molecule has 1 aliphatic rings. The highest BCUT2D eigenvalue weighted by Gasteiger charge is 2.29. The van der Waals surface area contributed by atoms with Crippen LogP contribution >= 0.6 is 0 Å². The molecule has 0 saturated carbocycles. The summed E-state index contributed by atoms with van der Waals surface area (Å²) in [6, 6.07) is 3.45. The van der Waals surface area contributed by atoms with Gasteiger partial charge in [-0.25, -0.2) is 14.2 Å². The maximum absolute atomic E-state index is 14.1. The lowest BCUT2D eigenvalue weighted by atomic mass is 10.2. The molecule has 1 atom stereocenters. The number of amides is 1. The normalized spacial score (nSPS) is 15.8. The summed E-state index contributed by atoms with van der Waals surface area (Å²) in [5.41, 5.74) is -0.177. The van der Waals surface area contributed by atoms with Crippen LogP contribution in [0.1, 0.15) is 26.3 Å². The lowest BCUT2D eigenvalue weighted by Crippen LogP contribution is -2.43. The number of alkyl halides is 2. The van der Waals surface area contributed by atoms with Crippen molar-refractivity contribution in [1.82, 2.24) is 15.2 Å². The summed E-state index contributed by atoms with van der Waals surface area (Å²) in [7, 11) is 1.97. The molecule has 154 valence electrons. The highest BCUT2D eigenvalue weighted by molar-refractivity contribution is 5.76. The van der Waals surface area contributed by atoms with E-state index >= 15 is 0 Å². The van der Waals surface area contributed by atoms with Gasteiger partial charge in [0.2, 0.25) is 5.88 Å². The fourth-order valence-electron chi connectivity index (χ4n) is 2.25. The molecule has 0 fully saturated rings. The molecular formula is C19H25F2N3O4. The van der Waals surface area contributed by atoms with E-state index in [9.17, 15) is 18.4 Å². The summed E-state index contributed by atoms with van der Waals surface area (Å²) in [6.45, 7) is 5.25. The number of aromatic nitrogens is 1. The van der Waals surface area contributed by atoms with Crippen molar-refractivity contribution in [3.8, 4) is 5.88 Å². The summed E-state index contributed by atoms with van der Waals surface area (Å²) < 4.78 is 34.2. The van der Waals surface area contributed by atoms with Crippen LogP contribution < -0.4 is 10.1 Å². The van der Waals surface area contributed by atoms with Gasteiger partial charge >= 0.3 is 6.09 Å². The molecule has 28 heavy (non-hydrogen) atoms. The fraction of sp³-hybridized carbons (Fsp3) is 0.421. The monoisotopic (exact) mass is 397 g/mol. The second kappa shape index (κ2) is 10.4. The Morgan fingerprint density at radius 2 is 2.04 bits per heavy atom. The highest BCUT2D eigenvalue weighted by Crippen LogP contribution is 2.23. The number of hydrogen-bond acceptors (Lipinski definition) is 6. The maximum Gasteiger partial charge on any atom is 0.416 e. The van der Waals surface area contributed by atoms with Gasteiger partial charge in [0.15, 0.2) is 12.6 Å². The molecule has 1 unspecified atom stereocenters. The van der Waals surface area contributed by atoms with Gasteiger partial charge in [-0.15, -0.1) is 0 Å². The predicted molar refractivity (Wildman–Crippen MR) is 99.9 cm³/mol. The van der Waals surface area contributed by atoms with Crippen molar-refractivity contribution < 1.29 is 27.8 Å². The Balaban J connectivity index is 0.00000190. The van der Waals surface area contributed by atoms with Crippen LogP contribution in [0.2, 0.25) is 0 Å². The van der Waals surface area contributed by atoms with E-state index in [-0.39, 0.29) is 17.9 Å². The number of pyridine rings is 1. The van der Waals surface area contributed by atoms with E-state index in [4.69, 9.17) is 9.47 Å². The Kier molecular flexibility index (Phi) is 8.56. The molecule has 0 saturated heterocycles. The van der Waals surface area contributed by atoms with Gasteiger partial charge in [0, 0.05) is 17.3 Å². The number of rotatable bonds is 5. The average molecular weight is 397 g/mol. The van der Waals surface area contributed by atoms with Gasteiger partial charge in [0.1, 0.15) is 11.4 Å². The molecule has 1 amide bonds. The van der Waals surface area contributed by atoms with Crippen molar-refractivity contribution in [2.75, 3.05) is 14.3 Å². The van der Waals surface area contributed by atoms with E-state index in [2.05, 4.69) is 10.3 Å². The van der Waals surface area contributed by atoms with E-state index in [0.29, 0.717) is 24.9 Å². The first-order valence-corrected chi connectivity index (χ1v) is 8.39. The van der Waals surface area contributed by atoms with Gasteiger partial charge < -0.3 is 14.8 Å². The minimum absolute atomic E-state index is 0.0434. The van der Waals surface area contributed by atoms with E-state index < -0.39 is 18.0 Å². The molecule has 1 aliphatic heterocycles. The number of carbonyl (C=O) groups is 2. The Labute approximate surface area is 163 Å². The summed E-state index contributed by atoms with van der Waals surface area (Å²) in [5, 5.41) is 2.50. The lowest BCUT2D eigenvalue weighted by Gasteiger charge is -2.31. The van der Waals surface area contributed by atoms with Crippen LogP contribution in [0.4, 0.5) is 13.6 Å². The highest BCUT2D eigenvalue weighted by atomic mass is 19.1. The molecule has 0 bridgehead atoms. The molecule has 0 aliphatic carbocycles. The number of allylic oxidation sites excluding steroid dienone is 2. The first-order chi connectivity index (χ1) is 13.2. The number of nitrogens with zero attached hydrogens (tertiary/aromatic N) is 2. The average Bonchev–Trinajstić information content (AvgIpc) is 2.66. The Bertz CT molecular complexity index is 745. The number of halogens is 2. The number of methoxy groups -OCH3 is 1. The van der Waals surface area contributed by atoms with Crippen molar-refractivity contribution >= 4 is 12.4 Å². The third-order valence-electron chi connectivity index (χ3n) is 3.41. The summed E-state index contributed by atoms with van der Waals surface area (Å²) >= 11 is 0. The zero-order valence-electron chi connectivity index (χ0n) is 16.5. The summed E-state index contributed by atoms with van der Waals surface area (Å²) in [4.78, 5) is 28.8. The SMILES string of the molecule is CF.COc1ncccc1CN(C(=O)OC(C)(C)C)C1=CC=C(C=O)C(F)N1. The number of hydrogen-bond donors (Lipinski definition) is 1. The van der Waals surface area contributed by atoms with Crippen LogP contribution in [0.15, 0.2) is 41.9 Å². The fourth-order valence-corrected chi connectivity index (χ4v) is 2.25. The van der Waals surface area contributed by atoms with Crippen molar-refractivity contribution in [1.29, 1.82) is 0 Å². The van der Waals surface area contributed by atoms with Crippen LogP contribution in [0.3, 0.4) is 0 Å². The van der Waals surface area contributed by atoms with E-state index in [1.54, 1.807) is 39.1 Å². The Morgan fingerprint density at radius 1 is 1.36 bits per heavy atom. The third-order valence-corrected chi connectivity index (χ3v) is 3.41. The molecule has 7 nitrogen and oxygen atoms in total. The number of aldehydes is 1.